The van der Waals surface area contributed by atoms with Crippen LogP contribution in [0, 0.1) is 10.1 Å². The molecule has 19 heavy (non-hydrogen) atoms. The number of ether oxygens (including phenoxy) is 2. The van der Waals surface area contributed by atoms with Crippen molar-refractivity contribution >= 4 is 5.69 Å². The van der Waals surface area contributed by atoms with Crippen LogP contribution in [0.15, 0.2) is 48.5 Å². The smallest absolute Gasteiger partial charge is 0.269 e. The summed E-state index contributed by atoms with van der Waals surface area (Å²) < 4.78 is 10.8. The van der Waals surface area contributed by atoms with Crippen molar-refractivity contribution in [3.05, 3.63) is 64.2 Å². The Morgan fingerprint density at radius 1 is 1.11 bits per heavy atom. The van der Waals surface area contributed by atoms with Gasteiger partial charge in [-0.25, -0.2) is 0 Å². The molecule has 0 aliphatic heterocycles. The molecule has 0 aliphatic rings. The Labute approximate surface area is 110 Å². The highest BCUT2D eigenvalue weighted by atomic mass is 16.6. The van der Waals surface area contributed by atoms with E-state index in [2.05, 4.69) is 0 Å². The maximum absolute atomic E-state index is 10.7. The molecule has 0 saturated heterocycles. The Balaban J connectivity index is 2.10. The fourth-order valence-electron chi connectivity index (χ4n) is 1.66. The average Bonchev–Trinajstić information content (AvgIpc) is 2.45. The Hall–Kier alpha value is -2.56. The summed E-state index contributed by atoms with van der Waals surface area (Å²) in [6, 6.07) is 13.6. The van der Waals surface area contributed by atoms with Gasteiger partial charge in [0.25, 0.3) is 5.69 Å². The highest BCUT2D eigenvalue weighted by molar-refractivity contribution is 5.40. The van der Waals surface area contributed by atoms with Crippen molar-refractivity contribution in [2.24, 2.45) is 0 Å². The predicted octanol–water partition coefficient (Wildman–Crippen LogP) is 3.18. The van der Waals surface area contributed by atoms with Crippen molar-refractivity contribution in [2.75, 3.05) is 7.11 Å². The average molecular weight is 259 g/mol. The summed E-state index contributed by atoms with van der Waals surface area (Å²) in [5, 5.41) is 10.7. The Morgan fingerprint density at radius 3 is 2.53 bits per heavy atom. The van der Waals surface area contributed by atoms with Crippen molar-refractivity contribution < 1.29 is 14.4 Å². The van der Waals surface area contributed by atoms with E-state index in [1.54, 1.807) is 31.4 Å². The lowest BCUT2D eigenvalue weighted by atomic mass is 10.2. The third-order valence-electron chi connectivity index (χ3n) is 2.58. The van der Waals surface area contributed by atoms with Gasteiger partial charge in [0, 0.05) is 12.1 Å². The molecule has 98 valence electrons. The van der Waals surface area contributed by atoms with Crippen molar-refractivity contribution in [1.29, 1.82) is 0 Å². The molecule has 0 unspecified atom stereocenters. The Kier molecular flexibility index (Phi) is 3.97. The molecule has 0 aliphatic carbocycles. The molecule has 0 spiro atoms. The van der Waals surface area contributed by atoms with Crippen molar-refractivity contribution in [3.8, 4) is 11.5 Å². The first-order valence-corrected chi connectivity index (χ1v) is 5.70. The summed E-state index contributed by atoms with van der Waals surface area (Å²) in [5.74, 6) is 1.24. The van der Waals surface area contributed by atoms with E-state index in [0.29, 0.717) is 11.5 Å². The molecular weight excluding hydrogens is 246 g/mol. The van der Waals surface area contributed by atoms with E-state index in [4.69, 9.17) is 9.47 Å². The number of rotatable bonds is 5. The van der Waals surface area contributed by atoms with E-state index in [1.807, 2.05) is 12.1 Å². The molecule has 0 N–H and O–H groups in total. The number of para-hydroxylation sites is 2. The highest BCUT2D eigenvalue weighted by Crippen LogP contribution is 2.26. The largest absolute Gasteiger partial charge is 0.493 e. The Morgan fingerprint density at radius 2 is 1.84 bits per heavy atom. The third kappa shape index (κ3) is 3.22. The summed E-state index contributed by atoms with van der Waals surface area (Å²) in [7, 11) is 1.57. The van der Waals surface area contributed by atoms with Crippen LogP contribution >= 0.6 is 0 Å². The van der Waals surface area contributed by atoms with Gasteiger partial charge in [-0.15, -0.1) is 0 Å². The molecule has 0 bridgehead atoms. The molecule has 0 fully saturated rings. The van der Waals surface area contributed by atoms with Gasteiger partial charge in [-0.05, 0) is 17.7 Å². The molecule has 0 radical (unpaired) electrons. The lowest BCUT2D eigenvalue weighted by Crippen LogP contribution is -1.98. The van der Waals surface area contributed by atoms with Gasteiger partial charge in [0.1, 0.15) is 6.61 Å². The molecule has 0 saturated carbocycles. The normalized spacial score (nSPS) is 9.95. The topological polar surface area (TPSA) is 61.6 Å². The number of benzene rings is 2. The van der Waals surface area contributed by atoms with Crippen molar-refractivity contribution in [2.45, 2.75) is 6.61 Å². The summed E-state index contributed by atoms with van der Waals surface area (Å²) in [6.45, 7) is 0.252. The lowest BCUT2D eigenvalue weighted by Gasteiger charge is -2.10. The number of nitro groups is 1. The van der Waals surface area contributed by atoms with Gasteiger partial charge in [0.05, 0.1) is 12.0 Å². The van der Waals surface area contributed by atoms with E-state index < -0.39 is 4.92 Å². The molecule has 0 amide bonds. The third-order valence-corrected chi connectivity index (χ3v) is 2.58. The fraction of sp³-hybridized carbons (Fsp3) is 0.143. The van der Waals surface area contributed by atoms with Crippen LogP contribution < -0.4 is 9.47 Å². The molecule has 5 heteroatoms. The maximum atomic E-state index is 10.7. The SMILES string of the molecule is COc1ccccc1OCc1cccc([N+](=O)[O-])c1. The van der Waals surface area contributed by atoms with Crippen molar-refractivity contribution in [1.82, 2.24) is 0 Å². The predicted molar refractivity (Wildman–Crippen MR) is 70.4 cm³/mol. The second-order valence-corrected chi connectivity index (χ2v) is 3.87. The van der Waals surface area contributed by atoms with Crippen LogP contribution in [0.25, 0.3) is 0 Å². The summed E-state index contributed by atoms with van der Waals surface area (Å²) in [4.78, 5) is 10.2. The second-order valence-electron chi connectivity index (χ2n) is 3.87. The number of nitro benzene ring substituents is 1. The quantitative estimate of drug-likeness (QED) is 0.611. The minimum Gasteiger partial charge on any atom is -0.493 e. The van der Waals surface area contributed by atoms with Crippen LogP contribution in [0.3, 0.4) is 0 Å². The zero-order chi connectivity index (χ0) is 13.7. The number of hydrogen-bond donors (Lipinski definition) is 0. The monoisotopic (exact) mass is 259 g/mol. The van der Waals surface area contributed by atoms with Gasteiger partial charge >= 0.3 is 0 Å². The fourth-order valence-corrected chi connectivity index (χ4v) is 1.66. The number of hydrogen-bond acceptors (Lipinski definition) is 4. The molecule has 2 aromatic rings. The lowest BCUT2D eigenvalue weighted by molar-refractivity contribution is -0.384. The van der Waals surface area contributed by atoms with E-state index in [-0.39, 0.29) is 12.3 Å². The molecule has 2 aromatic carbocycles. The Bertz CT molecular complexity index is 583. The van der Waals surface area contributed by atoms with Crippen LogP contribution in [0.5, 0.6) is 11.5 Å². The van der Waals surface area contributed by atoms with Gasteiger partial charge in [-0.2, -0.15) is 0 Å². The minimum absolute atomic E-state index is 0.0566. The van der Waals surface area contributed by atoms with Gasteiger partial charge in [0.15, 0.2) is 11.5 Å². The van der Waals surface area contributed by atoms with E-state index in [0.717, 1.165) is 5.56 Å². The minimum atomic E-state index is -0.424. The van der Waals surface area contributed by atoms with Crippen LogP contribution in [0.1, 0.15) is 5.56 Å². The van der Waals surface area contributed by atoms with Crippen LogP contribution in [-0.4, -0.2) is 12.0 Å². The number of non-ortho nitro benzene ring substituents is 1. The standard InChI is InChI=1S/C14H13NO4/c1-18-13-7-2-3-8-14(13)19-10-11-5-4-6-12(9-11)15(16)17/h2-9H,10H2,1H3. The summed E-state index contributed by atoms with van der Waals surface area (Å²) in [6.07, 6.45) is 0. The van der Waals surface area contributed by atoms with E-state index >= 15 is 0 Å². The van der Waals surface area contributed by atoms with Crippen LogP contribution in [0.4, 0.5) is 5.69 Å². The van der Waals surface area contributed by atoms with Crippen LogP contribution in [-0.2, 0) is 6.61 Å². The summed E-state index contributed by atoms with van der Waals surface area (Å²) in [5.41, 5.74) is 0.793. The molecule has 5 nitrogen and oxygen atoms in total. The van der Waals surface area contributed by atoms with Gasteiger partial charge < -0.3 is 9.47 Å². The van der Waals surface area contributed by atoms with Gasteiger partial charge in [0.2, 0.25) is 0 Å². The molecule has 0 atom stereocenters. The number of methoxy groups -OCH3 is 1. The first kappa shape index (κ1) is 12.9. The first-order valence-electron chi connectivity index (χ1n) is 5.70. The molecular formula is C14H13NO4. The van der Waals surface area contributed by atoms with E-state index in [9.17, 15) is 10.1 Å². The molecule has 2 rings (SSSR count). The molecule has 0 heterocycles. The van der Waals surface area contributed by atoms with Crippen LogP contribution in [0.2, 0.25) is 0 Å². The van der Waals surface area contributed by atoms with E-state index in [1.165, 1.54) is 12.1 Å². The highest BCUT2D eigenvalue weighted by Gasteiger charge is 2.07. The zero-order valence-corrected chi connectivity index (χ0v) is 10.4. The molecule has 0 aromatic heterocycles. The zero-order valence-electron chi connectivity index (χ0n) is 10.4. The second kappa shape index (κ2) is 5.86. The first-order chi connectivity index (χ1) is 9.20. The van der Waals surface area contributed by atoms with Gasteiger partial charge in [-0.3, -0.25) is 10.1 Å². The summed E-state index contributed by atoms with van der Waals surface area (Å²) >= 11 is 0. The van der Waals surface area contributed by atoms with Gasteiger partial charge in [-0.1, -0.05) is 24.3 Å². The maximum Gasteiger partial charge on any atom is 0.269 e. The number of nitrogens with zero attached hydrogens (tertiary/aromatic N) is 1. The van der Waals surface area contributed by atoms with Crippen molar-refractivity contribution in [3.63, 3.8) is 0 Å².